The number of amides is 3. The number of halogens is 2. The van der Waals surface area contributed by atoms with Crippen LogP contribution >= 0.6 is 23.2 Å². The Kier molecular flexibility index (Phi) is 4.97. The Morgan fingerprint density at radius 3 is 2.70 bits per heavy atom. The Hall–Kier alpha value is -1.46. The molecule has 2 aliphatic rings. The Morgan fingerprint density at radius 2 is 1.96 bits per heavy atom. The van der Waals surface area contributed by atoms with Crippen molar-refractivity contribution in [3.63, 3.8) is 0 Å². The van der Waals surface area contributed by atoms with E-state index in [0.29, 0.717) is 34.9 Å². The van der Waals surface area contributed by atoms with E-state index in [-0.39, 0.29) is 17.9 Å². The summed E-state index contributed by atoms with van der Waals surface area (Å²) in [5.74, 6) is -0.359. The normalized spacial score (nSPS) is 21.0. The summed E-state index contributed by atoms with van der Waals surface area (Å²) in [6.45, 7) is 1.13. The number of carbonyl (C=O) groups excluding carboxylic acids is 2. The SMILES string of the molecule is O=C(Nc1cc(Cl)ccc1Cl)C1CCCN(C(=O)NC2CC2)C1. The van der Waals surface area contributed by atoms with Gasteiger partial charge in [0.1, 0.15) is 0 Å². The van der Waals surface area contributed by atoms with Crippen molar-refractivity contribution in [3.05, 3.63) is 28.2 Å². The molecule has 2 N–H and O–H groups in total. The van der Waals surface area contributed by atoms with Gasteiger partial charge in [0, 0.05) is 24.2 Å². The number of urea groups is 1. The van der Waals surface area contributed by atoms with Crippen molar-refractivity contribution in [2.45, 2.75) is 31.7 Å². The summed E-state index contributed by atoms with van der Waals surface area (Å²) < 4.78 is 0. The van der Waals surface area contributed by atoms with Gasteiger partial charge in [0.05, 0.1) is 16.6 Å². The lowest BCUT2D eigenvalue weighted by atomic mass is 9.97. The van der Waals surface area contributed by atoms with Gasteiger partial charge in [0.25, 0.3) is 0 Å². The minimum Gasteiger partial charge on any atom is -0.335 e. The van der Waals surface area contributed by atoms with Gasteiger partial charge in [-0.3, -0.25) is 4.79 Å². The van der Waals surface area contributed by atoms with Gasteiger partial charge in [-0.1, -0.05) is 23.2 Å². The van der Waals surface area contributed by atoms with Crippen LogP contribution in [0.4, 0.5) is 10.5 Å². The van der Waals surface area contributed by atoms with Crippen molar-refractivity contribution >= 4 is 40.8 Å². The molecule has 5 nitrogen and oxygen atoms in total. The van der Waals surface area contributed by atoms with E-state index in [1.54, 1.807) is 23.1 Å². The van der Waals surface area contributed by atoms with E-state index < -0.39 is 0 Å². The average molecular weight is 356 g/mol. The summed E-state index contributed by atoms with van der Waals surface area (Å²) in [5.41, 5.74) is 0.503. The summed E-state index contributed by atoms with van der Waals surface area (Å²) in [6, 6.07) is 5.20. The Labute approximate surface area is 145 Å². The van der Waals surface area contributed by atoms with Crippen LogP contribution < -0.4 is 10.6 Å². The fraction of sp³-hybridized carbons (Fsp3) is 0.500. The van der Waals surface area contributed by atoms with Crippen LogP contribution in [0.1, 0.15) is 25.7 Å². The van der Waals surface area contributed by atoms with Gasteiger partial charge in [-0.15, -0.1) is 0 Å². The predicted octanol–water partition coefficient (Wildman–Crippen LogP) is 3.52. The van der Waals surface area contributed by atoms with Gasteiger partial charge in [0.15, 0.2) is 0 Å². The summed E-state index contributed by atoms with van der Waals surface area (Å²) in [5, 5.41) is 6.74. The maximum atomic E-state index is 12.5. The Bertz CT molecular complexity index is 619. The molecule has 124 valence electrons. The first-order valence-electron chi connectivity index (χ1n) is 7.84. The number of anilines is 1. The van der Waals surface area contributed by atoms with Gasteiger partial charge in [-0.05, 0) is 43.9 Å². The maximum Gasteiger partial charge on any atom is 0.317 e. The molecule has 1 unspecified atom stereocenters. The third-order valence-corrected chi connectivity index (χ3v) is 4.74. The van der Waals surface area contributed by atoms with E-state index in [9.17, 15) is 9.59 Å². The van der Waals surface area contributed by atoms with Crippen LogP contribution in [0.15, 0.2) is 18.2 Å². The van der Waals surface area contributed by atoms with E-state index in [0.717, 1.165) is 25.7 Å². The van der Waals surface area contributed by atoms with E-state index in [4.69, 9.17) is 23.2 Å². The topological polar surface area (TPSA) is 61.4 Å². The number of piperidine rings is 1. The minimum absolute atomic E-state index is 0.0641. The highest BCUT2D eigenvalue weighted by Gasteiger charge is 2.31. The minimum atomic E-state index is -0.233. The summed E-state index contributed by atoms with van der Waals surface area (Å²) >= 11 is 12.0. The van der Waals surface area contributed by atoms with Crippen molar-refractivity contribution in [2.75, 3.05) is 18.4 Å². The van der Waals surface area contributed by atoms with Crippen molar-refractivity contribution < 1.29 is 9.59 Å². The first-order chi connectivity index (χ1) is 11.0. The van der Waals surface area contributed by atoms with Gasteiger partial charge < -0.3 is 15.5 Å². The molecular weight excluding hydrogens is 337 g/mol. The lowest BCUT2D eigenvalue weighted by Gasteiger charge is -2.32. The predicted molar refractivity (Wildman–Crippen MR) is 90.9 cm³/mol. The molecule has 1 atom stereocenters. The highest BCUT2D eigenvalue weighted by atomic mass is 35.5. The van der Waals surface area contributed by atoms with Gasteiger partial charge in [-0.25, -0.2) is 4.79 Å². The van der Waals surface area contributed by atoms with E-state index in [1.807, 2.05) is 0 Å². The molecule has 0 aromatic heterocycles. The van der Waals surface area contributed by atoms with E-state index in [2.05, 4.69) is 10.6 Å². The lowest BCUT2D eigenvalue weighted by Crippen LogP contribution is -2.48. The van der Waals surface area contributed by atoms with Crippen LogP contribution in [0.3, 0.4) is 0 Å². The fourth-order valence-corrected chi connectivity index (χ4v) is 3.03. The van der Waals surface area contributed by atoms with E-state index in [1.165, 1.54) is 0 Å². The molecule has 1 aliphatic carbocycles. The van der Waals surface area contributed by atoms with Crippen LogP contribution in [-0.4, -0.2) is 36.0 Å². The molecular formula is C16H19Cl2N3O2. The number of nitrogens with zero attached hydrogens (tertiary/aromatic N) is 1. The van der Waals surface area contributed by atoms with Crippen LogP contribution in [0.25, 0.3) is 0 Å². The first kappa shape index (κ1) is 16.4. The zero-order chi connectivity index (χ0) is 16.4. The molecule has 23 heavy (non-hydrogen) atoms. The van der Waals surface area contributed by atoms with Crippen LogP contribution in [0, 0.1) is 5.92 Å². The second-order valence-electron chi connectivity index (χ2n) is 6.12. The molecule has 0 bridgehead atoms. The molecule has 1 aromatic carbocycles. The molecule has 2 fully saturated rings. The average Bonchev–Trinajstić information content (AvgIpc) is 3.35. The maximum absolute atomic E-state index is 12.5. The molecule has 3 rings (SSSR count). The Morgan fingerprint density at radius 1 is 1.17 bits per heavy atom. The number of hydrogen-bond acceptors (Lipinski definition) is 2. The van der Waals surface area contributed by atoms with Crippen molar-refractivity contribution in [1.82, 2.24) is 10.2 Å². The van der Waals surface area contributed by atoms with Gasteiger partial charge in [-0.2, -0.15) is 0 Å². The second kappa shape index (κ2) is 6.97. The highest BCUT2D eigenvalue weighted by Crippen LogP contribution is 2.27. The van der Waals surface area contributed by atoms with Crippen molar-refractivity contribution in [1.29, 1.82) is 0 Å². The number of carbonyl (C=O) groups is 2. The quantitative estimate of drug-likeness (QED) is 0.871. The molecule has 0 spiro atoms. The number of likely N-dealkylation sites (tertiary alicyclic amines) is 1. The molecule has 1 saturated heterocycles. The first-order valence-corrected chi connectivity index (χ1v) is 8.60. The third-order valence-electron chi connectivity index (χ3n) is 4.17. The van der Waals surface area contributed by atoms with Crippen molar-refractivity contribution in [2.24, 2.45) is 5.92 Å². The number of benzene rings is 1. The molecule has 1 heterocycles. The number of nitrogens with one attached hydrogen (secondary N) is 2. The summed E-state index contributed by atoms with van der Waals surface area (Å²) in [4.78, 5) is 26.3. The van der Waals surface area contributed by atoms with Crippen LogP contribution in [0.5, 0.6) is 0 Å². The number of rotatable bonds is 3. The van der Waals surface area contributed by atoms with Gasteiger partial charge >= 0.3 is 6.03 Å². The summed E-state index contributed by atoms with van der Waals surface area (Å²) in [6.07, 6.45) is 3.68. The van der Waals surface area contributed by atoms with Crippen molar-refractivity contribution in [3.8, 4) is 0 Å². The standard InChI is InChI=1S/C16H19Cl2N3O2/c17-11-3-6-13(18)14(8-11)20-15(22)10-2-1-7-21(9-10)16(23)19-12-4-5-12/h3,6,8,10,12H,1-2,4-5,7,9H2,(H,19,23)(H,20,22). The molecule has 3 amide bonds. The van der Waals surface area contributed by atoms with Crippen LogP contribution in [0.2, 0.25) is 10.0 Å². The van der Waals surface area contributed by atoms with Gasteiger partial charge in [0.2, 0.25) is 5.91 Å². The zero-order valence-electron chi connectivity index (χ0n) is 12.6. The zero-order valence-corrected chi connectivity index (χ0v) is 14.2. The Balaban J connectivity index is 1.60. The molecule has 1 aromatic rings. The lowest BCUT2D eigenvalue weighted by molar-refractivity contribution is -0.121. The molecule has 1 saturated carbocycles. The molecule has 7 heteroatoms. The van der Waals surface area contributed by atoms with E-state index >= 15 is 0 Å². The monoisotopic (exact) mass is 355 g/mol. The molecule has 1 aliphatic heterocycles. The number of hydrogen-bond donors (Lipinski definition) is 2. The smallest absolute Gasteiger partial charge is 0.317 e. The highest BCUT2D eigenvalue weighted by molar-refractivity contribution is 6.35. The molecule has 0 radical (unpaired) electrons. The summed E-state index contributed by atoms with van der Waals surface area (Å²) in [7, 11) is 0. The third kappa shape index (κ3) is 4.30. The second-order valence-corrected chi connectivity index (χ2v) is 6.97. The fourth-order valence-electron chi connectivity index (χ4n) is 2.70. The largest absolute Gasteiger partial charge is 0.335 e. The van der Waals surface area contributed by atoms with Crippen LogP contribution in [-0.2, 0) is 4.79 Å².